The van der Waals surface area contributed by atoms with E-state index in [4.69, 9.17) is 16.3 Å². The summed E-state index contributed by atoms with van der Waals surface area (Å²) in [6.45, 7) is 2.74. The molecule has 2 aromatic rings. The number of nitrogens with zero attached hydrogens (tertiary/aromatic N) is 1. The fourth-order valence-electron chi connectivity index (χ4n) is 2.28. The van der Waals surface area contributed by atoms with Gasteiger partial charge in [-0.2, -0.15) is 0 Å². The molecule has 0 spiro atoms. The van der Waals surface area contributed by atoms with Crippen molar-refractivity contribution in [1.29, 1.82) is 0 Å². The van der Waals surface area contributed by atoms with Crippen LogP contribution in [-0.4, -0.2) is 18.6 Å². The van der Waals surface area contributed by atoms with Crippen LogP contribution in [0.25, 0.3) is 0 Å². The Bertz CT molecular complexity index is 607. The van der Waals surface area contributed by atoms with E-state index in [0.717, 1.165) is 12.2 Å². The lowest BCUT2D eigenvalue weighted by atomic mass is 10.0. The number of likely N-dealkylation sites (N-methyl/N-ethyl adjacent to an activating group) is 1. The normalized spacial score (nSPS) is 12.2. The van der Waals surface area contributed by atoms with E-state index in [2.05, 4.69) is 10.3 Å². The highest BCUT2D eigenvalue weighted by Crippen LogP contribution is 2.27. The van der Waals surface area contributed by atoms with E-state index in [9.17, 15) is 4.39 Å². The largest absolute Gasteiger partial charge is 0.495 e. The van der Waals surface area contributed by atoms with Crippen LogP contribution in [0, 0.1) is 5.82 Å². The zero-order chi connectivity index (χ0) is 15.2. The first-order valence-corrected chi connectivity index (χ1v) is 7.20. The van der Waals surface area contributed by atoms with Crippen molar-refractivity contribution in [2.45, 2.75) is 19.4 Å². The monoisotopic (exact) mass is 308 g/mol. The number of hydrogen-bond acceptors (Lipinski definition) is 3. The number of halogens is 2. The van der Waals surface area contributed by atoms with E-state index in [1.165, 1.54) is 0 Å². The molecule has 21 heavy (non-hydrogen) atoms. The van der Waals surface area contributed by atoms with Crippen molar-refractivity contribution in [1.82, 2.24) is 10.3 Å². The first-order chi connectivity index (χ1) is 10.2. The maximum Gasteiger partial charge on any atom is 0.145 e. The highest BCUT2D eigenvalue weighted by atomic mass is 35.5. The van der Waals surface area contributed by atoms with Gasteiger partial charge in [-0.1, -0.05) is 30.7 Å². The molecule has 0 amide bonds. The van der Waals surface area contributed by atoms with Gasteiger partial charge >= 0.3 is 0 Å². The average Bonchev–Trinajstić information content (AvgIpc) is 2.51. The Labute approximate surface area is 129 Å². The van der Waals surface area contributed by atoms with Gasteiger partial charge < -0.3 is 10.1 Å². The number of rotatable bonds is 6. The summed E-state index contributed by atoms with van der Waals surface area (Å²) in [4.78, 5) is 4.37. The predicted octanol–water partition coefficient (Wildman–Crippen LogP) is 3.78. The van der Waals surface area contributed by atoms with Crippen LogP contribution in [0.15, 0.2) is 36.5 Å². The fourth-order valence-corrected chi connectivity index (χ4v) is 2.47. The van der Waals surface area contributed by atoms with Crippen molar-refractivity contribution >= 4 is 11.6 Å². The van der Waals surface area contributed by atoms with E-state index in [1.54, 1.807) is 31.5 Å². The van der Waals surface area contributed by atoms with Gasteiger partial charge in [0.05, 0.1) is 23.9 Å². The Morgan fingerprint density at radius 3 is 2.86 bits per heavy atom. The Hall–Kier alpha value is -1.65. The lowest BCUT2D eigenvalue weighted by Gasteiger charge is -2.20. The second kappa shape index (κ2) is 7.38. The lowest BCUT2D eigenvalue weighted by molar-refractivity contribution is 0.393. The van der Waals surface area contributed by atoms with E-state index in [1.807, 2.05) is 19.1 Å². The third-order valence-corrected chi connectivity index (χ3v) is 3.55. The molecule has 0 radical (unpaired) electrons. The first-order valence-electron chi connectivity index (χ1n) is 6.82. The quantitative estimate of drug-likeness (QED) is 0.882. The van der Waals surface area contributed by atoms with E-state index in [0.29, 0.717) is 17.7 Å². The van der Waals surface area contributed by atoms with Gasteiger partial charge in [0.25, 0.3) is 0 Å². The molecule has 0 saturated carbocycles. The van der Waals surface area contributed by atoms with E-state index in [-0.39, 0.29) is 16.9 Å². The van der Waals surface area contributed by atoms with Crippen molar-refractivity contribution in [3.8, 4) is 5.75 Å². The van der Waals surface area contributed by atoms with Gasteiger partial charge in [-0.25, -0.2) is 4.39 Å². The van der Waals surface area contributed by atoms with Crippen LogP contribution >= 0.6 is 11.6 Å². The Kier molecular flexibility index (Phi) is 5.53. The third-order valence-electron chi connectivity index (χ3n) is 3.26. The highest BCUT2D eigenvalue weighted by Gasteiger charge is 2.19. The molecule has 0 saturated heterocycles. The van der Waals surface area contributed by atoms with Crippen LogP contribution < -0.4 is 10.1 Å². The summed E-state index contributed by atoms with van der Waals surface area (Å²) in [5, 5.41) is 3.45. The van der Waals surface area contributed by atoms with Gasteiger partial charge in [0.15, 0.2) is 0 Å². The predicted molar refractivity (Wildman–Crippen MR) is 82.3 cm³/mol. The minimum Gasteiger partial charge on any atom is -0.495 e. The third kappa shape index (κ3) is 3.71. The topological polar surface area (TPSA) is 34.2 Å². The van der Waals surface area contributed by atoms with Gasteiger partial charge in [-0.3, -0.25) is 4.98 Å². The summed E-state index contributed by atoms with van der Waals surface area (Å²) < 4.78 is 19.4. The zero-order valence-electron chi connectivity index (χ0n) is 12.1. The minimum atomic E-state index is -0.378. The maximum absolute atomic E-state index is 14.1. The second-order valence-corrected chi connectivity index (χ2v) is 5.03. The average molecular weight is 309 g/mol. The van der Waals surface area contributed by atoms with Crippen molar-refractivity contribution in [2.24, 2.45) is 0 Å². The number of nitrogens with one attached hydrogen (secondary N) is 1. The molecule has 1 heterocycles. The van der Waals surface area contributed by atoms with Crippen LogP contribution in [0.1, 0.15) is 24.2 Å². The summed E-state index contributed by atoms with van der Waals surface area (Å²) in [5.74, 6) is 0.308. The van der Waals surface area contributed by atoms with Gasteiger partial charge in [0.1, 0.15) is 11.6 Å². The van der Waals surface area contributed by atoms with Crippen LogP contribution in [-0.2, 0) is 6.42 Å². The summed E-state index contributed by atoms with van der Waals surface area (Å²) in [6.07, 6.45) is 2.16. The van der Waals surface area contributed by atoms with E-state index >= 15 is 0 Å². The Morgan fingerprint density at radius 1 is 1.33 bits per heavy atom. The summed E-state index contributed by atoms with van der Waals surface area (Å²) in [7, 11) is 1.60. The summed E-state index contributed by atoms with van der Waals surface area (Å²) >= 11 is 5.84. The molecule has 0 aliphatic rings. The van der Waals surface area contributed by atoms with Crippen molar-refractivity contribution in [3.05, 3.63) is 58.6 Å². The van der Waals surface area contributed by atoms with Gasteiger partial charge in [-0.05, 0) is 36.7 Å². The van der Waals surface area contributed by atoms with Crippen LogP contribution in [0.3, 0.4) is 0 Å². The molecule has 0 fully saturated rings. The molecule has 0 aliphatic carbocycles. The van der Waals surface area contributed by atoms with Crippen molar-refractivity contribution < 1.29 is 9.13 Å². The number of aromatic nitrogens is 1. The lowest BCUT2D eigenvalue weighted by Crippen LogP contribution is -2.24. The smallest absolute Gasteiger partial charge is 0.145 e. The van der Waals surface area contributed by atoms with Gasteiger partial charge in [0, 0.05) is 6.20 Å². The molecule has 112 valence electrons. The van der Waals surface area contributed by atoms with Crippen LogP contribution in [0.2, 0.25) is 5.02 Å². The molecule has 1 atom stereocenters. The molecule has 0 bridgehead atoms. The van der Waals surface area contributed by atoms with Gasteiger partial charge in [0.2, 0.25) is 0 Å². The minimum absolute atomic E-state index is 0.135. The molecule has 5 heteroatoms. The standard InChI is InChI=1S/C16H18ClFN2O/c1-3-19-13(16-14(21-2)8-5-9-20-16)10-11-6-4-7-12(17)15(11)18/h4-9,13,19H,3,10H2,1-2H3. The molecule has 1 aromatic carbocycles. The number of ether oxygens (including phenoxy) is 1. The summed E-state index contributed by atoms with van der Waals surface area (Å²) in [5.41, 5.74) is 1.32. The molecule has 2 rings (SSSR count). The molecule has 1 N–H and O–H groups in total. The van der Waals surface area contributed by atoms with Crippen LogP contribution in [0.4, 0.5) is 4.39 Å². The first kappa shape index (κ1) is 15.7. The molecule has 3 nitrogen and oxygen atoms in total. The molecule has 1 unspecified atom stereocenters. The number of pyridine rings is 1. The second-order valence-electron chi connectivity index (χ2n) is 4.62. The molecular formula is C16H18ClFN2O. The zero-order valence-corrected chi connectivity index (χ0v) is 12.8. The molecule has 0 aliphatic heterocycles. The maximum atomic E-state index is 14.1. The number of benzene rings is 1. The van der Waals surface area contributed by atoms with Crippen molar-refractivity contribution in [3.63, 3.8) is 0 Å². The van der Waals surface area contributed by atoms with Crippen molar-refractivity contribution in [2.75, 3.05) is 13.7 Å². The fraction of sp³-hybridized carbons (Fsp3) is 0.312. The van der Waals surface area contributed by atoms with Gasteiger partial charge in [-0.15, -0.1) is 0 Å². The molecule has 1 aromatic heterocycles. The highest BCUT2D eigenvalue weighted by molar-refractivity contribution is 6.30. The number of hydrogen-bond donors (Lipinski definition) is 1. The number of methoxy groups -OCH3 is 1. The SMILES string of the molecule is CCNC(Cc1cccc(Cl)c1F)c1ncccc1OC. The Morgan fingerprint density at radius 2 is 2.14 bits per heavy atom. The van der Waals surface area contributed by atoms with Crippen LogP contribution in [0.5, 0.6) is 5.75 Å². The Balaban J connectivity index is 2.33. The molecular weight excluding hydrogens is 291 g/mol. The summed E-state index contributed by atoms with van der Waals surface area (Å²) in [6, 6.07) is 8.55. The van der Waals surface area contributed by atoms with E-state index < -0.39 is 0 Å².